The zero-order valence-corrected chi connectivity index (χ0v) is 22.2. The van der Waals surface area contributed by atoms with Gasteiger partial charge in [-0.1, -0.05) is 57.2 Å². The van der Waals surface area contributed by atoms with Crippen molar-refractivity contribution in [2.45, 2.75) is 45.4 Å². The predicted octanol–water partition coefficient (Wildman–Crippen LogP) is 3.96. The van der Waals surface area contributed by atoms with Crippen LogP contribution in [0.5, 0.6) is 0 Å². The molecule has 3 N–H and O–H groups in total. The van der Waals surface area contributed by atoms with Crippen molar-refractivity contribution in [3.05, 3.63) is 106 Å². The normalized spacial score (nSPS) is 15.4. The molecule has 4 rings (SSSR count). The van der Waals surface area contributed by atoms with Gasteiger partial charge in [-0.2, -0.15) is 0 Å². The molecule has 1 atom stereocenters. The van der Waals surface area contributed by atoms with Crippen molar-refractivity contribution in [2.75, 3.05) is 13.1 Å². The first-order chi connectivity index (χ1) is 18.5. The van der Waals surface area contributed by atoms with E-state index >= 15 is 0 Å². The first-order valence-corrected chi connectivity index (χ1v) is 12.7. The number of benzene rings is 3. The Morgan fingerprint density at radius 2 is 1.41 bits per heavy atom. The van der Waals surface area contributed by atoms with Gasteiger partial charge < -0.3 is 20.9 Å². The van der Waals surface area contributed by atoms with Crippen molar-refractivity contribution in [1.82, 2.24) is 15.1 Å². The Morgan fingerprint density at radius 1 is 0.846 bits per heavy atom. The minimum absolute atomic E-state index is 0.0174. The van der Waals surface area contributed by atoms with Gasteiger partial charge in [0, 0.05) is 43.4 Å². The molecule has 3 aromatic carbocycles. The number of hydrogen-bond donors (Lipinski definition) is 2. The molecule has 0 aliphatic carbocycles. The highest BCUT2D eigenvalue weighted by Gasteiger charge is 2.43. The number of rotatable bonds is 6. The van der Waals surface area contributed by atoms with Crippen LogP contribution >= 0.6 is 0 Å². The molecule has 3 aromatic rings. The summed E-state index contributed by atoms with van der Waals surface area (Å²) in [5.74, 6) is -3.59. The highest BCUT2D eigenvalue weighted by atomic mass is 19.1. The van der Waals surface area contributed by atoms with E-state index in [9.17, 15) is 23.2 Å². The van der Waals surface area contributed by atoms with Gasteiger partial charge in [-0.15, -0.1) is 0 Å². The monoisotopic (exact) mass is 534 g/mol. The molecule has 39 heavy (non-hydrogen) atoms. The van der Waals surface area contributed by atoms with Crippen LogP contribution in [0.1, 0.15) is 58.2 Å². The number of nitrogens with zero attached hydrogens (tertiary/aromatic N) is 2. The molecule has 1 saturated heterocycles. The van der Waals surface area contributed by atoms with Gasteiger partial charge in [0.2, 0.25) is 0 Å². The zero-order valence-electron chi connectivity index (χ0n) is 22.2. The molecular formula is C30H32F2N4O3. The Kier molecular flexibility index (Phi) is 8.11. The third-order valence-corrected chi connectivity index (χ3v) is 6.73. The van der Waals surface area contributed by atoms with E-state index in [0.29, 0.717) is 18.2 Å². The average molecular weight is 535 g/mol. The number of nitrogens with two attached hydrogens (primary N) is 1. The SMILES string of the molecule is CC(C)(C)c1ccc(C(=O)N2CCN(C(=O)c3cc(F)cc(F)c3)C2C(=O)NCc2cccc(CN)c2)cc1. The smallest absolute Gasteiger partial charge is 0.264 e. The fraction of sp³-hybridized carbons (Fsp3) is 0.300. The van der Waals surface area contributed by atoms with Gasteiger partial charge in [-0.05, 0) is 46.4 Å². The van der Waals surface area contributed by atoms with E-state index < -0.39 is 35.5 Å². The molecule has 1 unspecified atom stereocenters. The van der Waals surface area contributed by atoms with Gasteiger partial charge in [0.25, 0.3) is 17.7 Å². The zero-order chi connectivity index (χ0) is 28.3. The molecule has 0 spiro atoms. The lowest BCUT2D eigenvalue weighted by Gasteiger charge is -2.29. The van der Waals surface area contributed by atoms with Crippen LogP contribution in [-0.4, -0.2) is 46.8 Å². The Hall–Kier alpha value is -4.11. The van der Waals surface area contributed by atoms with Gasteiger partial charge in [0.1, 0.15) is 11.6 Å². The van der Waals surface area contributed by atoms with Gasteiger partial charge in [-0.3, -0.25) is 14.4 Å². The van der Waals surface area contributed by atoms with Gasteiger partial charge in [-0.25, -0.2) is 8.78 Å². The second-order valence-electron chi connectivity index (χ2n) is 10.6. The topological polar surface area (TPSA) is 95.7 Å². The van der Waals surface area contributed by atoms with Crippen molar-refractivity contribution < 1.29 is 23.2 Å². The first kappa shape index (κ1) is 27.9. The van der Waals surface area contributed by atoms with Crippen molar-refractivity contribution in [3.63, 3.8) is 0 Å². The van der Waals surface area contributed by atoms with Crippen LogP contribution in [0.2, 0.25) is 0 Å². The van der Waals surface area contributed by atoms with Crippen LogP contribution in [0.25, 0.3) is 0 Å². The summed E-state index contributed by atoms with van der Waals surface area (Å²) in [6.45, 7) is 6.76. The summed E-state index contributed by atoms with van der Waals surface area (Å²) >= 11 is 0. The maximum atomic E-state index is 13.9. The fourth-order valence-electron chi connectivity index (χ4n) is 4.61. The Bertz CT molecular complexity index is 1370. The van der Waals surface area contributed by atoms with E-state index in [0.717, 1.165) is 28.8 Å². The molecule has 1 aliphatic rings. The summed E-state index contributed by atoms with van der Waals surface area (Å²) in [7, 11) is 0. The molecule has 204 valence electrons. The molecule has 0 aromatic heterocycles. The van der Waals surface area contributed by atoms with Crippen LogP contribution in [0.4, 0.5) is 8.78 Å². The summed E-state index contributed by atoms with van der Waals surface area (Å²) in [5, 5.41) is 2.80. The van der Waals surface area contributed by atoms with Crippen molar-refractivity contribution in [3.8, 4) is 0 Å². The number of carbonyl (C=O) groups excluding carboxylic acids is 3. The summed E-state index contributed by atoms with van der Waals surface area (Å²) < 4.78 is 27.8. The third-order valence-electron chi connectivity index (χ3n) is 6.73. The largest absolute Gasteiger partial charge is 0.349 e. The van der Waals surface area contributed by atoms with Crippen LogP contribution in [0.3, 0.4) is 0 Å². The number of hydrogen-bond acceptors (Lipinski definition) is 4. The van der Waals surface area contributed by atoms with E-state index in [-0.39, 0.29) is 30.6 Å². The highest BCUT2D eigenvalue weighted by Crippen LogP contribution is 2.25. The fourth-order valence-corrected chi connectivity index (χ4v) is 4.61. The Labute approximate surface area is 226 Å². The van der Waals surface area contributed by atoms with E-state index in [1.807, 2.05) is 36.4 Å². The van der Waals surface area contributed by atoms with E-state index in [1.165, 1.54) is 9.80 Å². The van der Waals surface area contributed by atoms with E-state index in [1.54, 1.807) is 12.1 Å². The maximum Gasteiger partial charge on any atom is 0.264 e. The van der Waals surface area contributed by atoms with Crippen molar-refractivity contribution >= 4 is 17.7 Å². The molecule has 3 amide bonds. The summed E-state index contributed by atoms with van der Waals surface area (Å²) in [6.07, 6.45) is -1.31. The number of nitrogens with one attached hydrogen (secondary N) is 1. The molecular weight excluding hydrogens is 502 g/mol. The molecule has 7 nitrogen and oxygen atoms in total. The third kappa shape index (κ3) is 6.31. The van der Waals surface area contributed by atoms with Gasteiger partial charge in [0.05, 0.1) is 0 Å². The Balaban J connectivity index is 1.62. The second kappa shape index (κ2) is 11.3. The molecule has 9 heteroatoms. The molecule has 1 heterocycles. The maximum absolute atomic E-state index is 13.9. The predicted molar refractivity (Wildman–Crippen MR) is 144 cm³/mol. The lowest BCUT2D eigenvalue weighted by molar-refractivity contribution is -0.128. The summed E-state index contributed by atoms with van der Waals surface area (Å²) in [5.41, 5.74) is 8.45. The van der Waals surface area contributed by atoms with Gasteiger partial charge >= 0.3 is 0 Å². The number of halogens is 2. The lowest BCUT2D eigenvalue weighted by atomic mass is 9.86. The van der Waals surface area contributed by atoms with E-state index in [4.69, 9.17) is 5.73 Å². The standard InChI is InChI=1S/C30H32F2N4O3/c1-30(2,3)23-9-7-21(8-10-23)28(38)35-11-12-36(29(39)22-14-24(31)16-25(32)15-22)27(35)26(37)34-18-20-6-4-5-19(13-20)17-33/h4-10,13-16,27H,11-12,17-18,33H2,1-3H3,(H,34,37). The Morgan fingerprint density at radius 3 is 1.97 bits per heavy atom. The molecule has 1 aliphatic heterocycles. The van der Waals surface area contributed by atoms with Crippen LogP contribution in [0.15, 0.2) is 66.7 Å². The molecule has 0 bridgehead atoms. The minimum Gasteiger partial charge on any atom is -0.349 e. The number of carbonyl (C=O) groups is 3. The lowest BCUT2D eigenvalue weighted by Crippen LogP contribution is -2.53. The molecule has 1 fully saturated rings. The number of amides is 3. The highest BCUT2D eigenvalue weighted by molar-refractivity contribution is 6.02. The minimum atomic E-state index is -1.31. The second-order valence-corrected chi connectivity index (χ2v) is 10.6. The van der Waals surface area contributed by atoms with Crippen LogP contribution in [0, 0.1) is 11.6 Å². The molecule has 0 radical (unpaired) electrons. The quantitative estimate of drug-likeness (QED) is 0.501. The summed E-state index contributed by atoms with van der Waals surface area (Å²) in [4.78, 5) is 42.9. The van der Waals surface area contributed by atoms with Crippen molar-refractivity contribution in [1.29, 1.82) is 0 Å². The van der Waals surface area contributed by atoms with Crippen LogP contribution < -0.4 is 11.1 Å². The van der Waals surface area contributed by atoms with Crippen molar-refractivity contribution in [2.24, 2.45) is 5.73 Å². The first-order valence-electron chi connectivity index (χ1n) is 12.7. The summed E-state index contributed by atoms with van der Waals surface area (Å²) in [6, 6.07) is 17.0. The van der Waals surface area contributed by atoms with Crippen LogP contribution in [-0.2, 0) is 23.3 Å². The van der Waals surface area contributed by atoms with E-state index in [2.05, 4.69) is 26.1 Å². The van der Waals surface area contributed by atoms with Gasteiger partial charge in [0.15, 0.2) is 6.17 Å². The average Bonchev–Trinajstić information content (AvgIpc) is 3.35. The molecule has 0 saturated carbocycles.